The van der Waals surface area contributed by atoms with Gasteiger partial charge in [0, 0.05) is 14.1 Å². The number of anilines is 1. The van der Waals surface area contributed by atoms with Crippen LogP contribution in [0, 0.1) is 6.92 Å². The van der Waals surface area contributed by atoms with E-state index >= 15 is 0 Å². The maximum absolute atomic E-state index is 11.6. The molecular formula is C11H14N6O2. The molecule has 0 saturated heterocycles. The van der Waals surface area contributed by atoms with E-state index in [0.717, 1.165) is 0 Å². The van der Waals surface area contributed by atoms with Crippen LogP contribution in [0.5, 0.6) is 0 Å². The number of hydrogen-bond acceptors (Lipinski definition) is 7. The molecule has 0 fully saturated rings. The van der Waals surface area contributed by atoms with Crippen molar-refractivity contribution in [1.29, 1.82) is 0 Å². The van der Waals surface area contributed by atoms with Crippen molar-refractivity contribution in [3.05, 3.63) is 29.5 Å². The summed E-state index contributed by atoms with van der Waals surface area (Å²) in [5.41, 5.74) is 0.296. The summed E-state index contributed by atoms with van der Waals surface area (Å²) in [4.78, 5) is 17.1. The minimum absolute atomic E-state index is 0.188. The summed E-state index contributed by atoms with van der Waals surface area (Å²) in [6.07, 6.45) is 0. The van der Waals surface area contributed by atoms with Crippen molar-refractivity contribution in [2.75, 3.05) is 19.4 Å². The van der Waals surface area contributed by atoms with Crippen molar-refractivity contribution in [3.63, 3.8) is 0 Å². The van der Waals surface area contributed by atoms with Crippen molar-refractivity contribution in [1.82, 2.24) is 25.2 Å². The van der Waals surface area contributed by atoms with Gasteiger partial charge >= 0.3 is 0 Å². The molecule has 2 aromatic rings. The van der Waals surface area contributed by atoms with Gasteiger partial charge in [0.15, 0.2) is 11.5 Å². The van der Waals surface area contributed by atoms with Crippen molar-refractivity contribution in [2.45, 2.75) is 13.5 Å². The number of aromatic nitrogens is 4. The van der Waals surface area contributed by atoms with Crippen molar-refractivity contribution >= 4 is 11.7 Å². The van der Waals surface area contributed by atoms with Gasteiger partial charge in [-0.15, -0.1) is 10.2 Å². The molecule has 0 aliphatic rings. The molecular weight excluding hydrogens is 248 g/mol. The van der Waals surface area contributed by atoms with Crippen molar-refractivity contribution < 1.29 is 9.32 Å². The van der Waals surface area contributed by atoms with E-state index in [1.165, 1.54) is 4.90 Å². The zero-order valence-corrected chi connectivity index (χ0v) is 10.9. The predicted molar refractivity (Wildman–Crippen MR) is 66.4 cm³/mol. The average Bonchev–Trinajstić information content (AvgIpc) is 2.82. The van der Waals surface area contributed by atoms with Crippen LogP contribution in [0.4, 0.5) is 5.82 Å². The zero-order chi connectivity index (χ0) is 13.8. The molecule has 2 rings (SSSR count). The summed E-state index contributed by atoms with van der Waals surface area (Å²) in [7, 11) is 3.32. The van der Waals surface area contributed by atoms with Crippen LogP contribution in [0.1, 0.15) is 22.2 Å². The summed E-state index contributed by atoms with van der Waals surface area (Å²) in [6.45, 7) is 2.10. The molecule has 100 valence electrons. The molecule has 8 nitrogen and oxygen atoms in total. The average molecular weight is 262 g/mol. The first-order chi connectivity index (χ1) is 9.06. The number of nitrogens with one attached hydrogen (secondary N) is 1. The number of carbonyl (C=O) groups excluding carboxylic acids is 1. The lowest BCUT2D eigenvalue weighted by Gasteiger charge is -2.08. The molecule has 0 saturated carbocycles. The summed E-state index contributed by atoms with van der Waals surface area (Å²) < 4.78 is 4.95. The highest BCUT2D eigenvalue weighted by Gasteiger charge is 2.10. The van der Waals surface area contributed by atoms with E-state index in [0.29, 0.717) is 29.8 Å². The molecule has 2 aromatic heterocycles. The first-order valence-corrected chi connectivity index (χ1v) is 5.64. The number of rotatable bonds is 4. The van der Waals surface area contributed by atoms with Crippen LogP contribution < -0.4 is 5.32 Å². The Labute approximate surface area is 109 Å². The van der Waals surface area contributed by atoms with E-state index in [1.54, 1.807) is 33.2 Å². The van der Waals surface area contributed by atoms with Crippen LogP contribution in [-0.4, -0.2) is 45.2 Å². The Morgan fingerprint density at radius 2 is 2.16 bits per heavy atom. The smallest absolute Gasteiger partial charge is 0.273 e. The molecule has 1 amide bonds. The van der Waals surface area contributed by atoms with Crippen LogP contribution in [0.2, 0.25) is 0 Å². The third-order valence-corrected chi connectivity index (χ3v) is 2.28. The minimum Gasteiger partial charge on any atom is -0.360 e. The topological polar surface area (TPSA) is 97.0 Å². The quantitative estimate of drug-likeness (QED) is 0.855. The molecule has 0 unspecified atom stereocenters. The van der Waals surface area contributed by atoms with Gasteiger partial charge in [0.1, 0.15) is 5.82 Å². The van der Waals surface area contributed by atoms with E-state index in [4.69, 9.17) is 4.52 Å². The first kappa shape index (κ1) is 12.9. The molecule has 0 radical (unpaired) electrons. The fraction of sp³-hybridized carbons (Fsp3) is 0.364. The van der Waals surface area contributed by atoms with Gasteiger partial charge < -0.3 is 14.7 Å². The van der Waals surface area contributed by atoms with Gasteiger partial charge in [0.25, 0.3) is 5.91 Å². The second kappa shape index (κ2) is 5.42. The molecule has 1 N–H and O–H groups in total. The highest BCUT2D eigenvalue weighted by molar-refractivity contribution is 5.91. The SMILES string of the molecule is Cc1noc(CNc2ccc(C(=O)N(C)C)nn2)n1. The standard InChI is InChI=1S/C11H14N6O2/c1-7-13-10(19-16-7)6-12-9-5-4-8(14-15-9)11(18)17(2)3/h4-5H,6H2,1-3H3,(H,12,15). The third-order valence-electron chi connectivity index (χ3n) is 2.28. The van der Waals surface area contributed by atoms with Gasteiger partial charge in [0.05, 0.1) is 6.54 Å². The lowest BCUT2D eigenvalue weighted by atomic mass is 10.3. The van der Waals surface area contributed by atoms with Crippen LogP contribution in [0.25, 0.3) is 0 Å². The molecule has 0 aromatic carbocycles. The van der Waals surface area contributed by atoms with E-state index in [9.17, 15) is 4.79 Å². The van der Waals surface area contributed by atoms with Gasteiger partial charge in [-0.3, -0.25) is 4.79 Å². The summed E-state index contributed by atoms with van der Waals surface area (Å²) in [6, 6.07) is 3.28. The second-order valence-electron chi connectivity index (χ2n) is 4.09. The molecule has 2 heterocycles. The molecule has 0 aliphatic carbocycles. The Bertz CT molecular complexity index is 563. The third kappa shape index (κ3) is 3.24. The number of nitrogens with zero attached hydrogens (tertiary/aromatic N) is 5. The molecule has 0 bridgehead atoms. The molecule has 8 heteroatoms. The molecule has 19 heavy (non-hydrogen) atoms. The molecule has 0 atom stereocenters. The monoisotopic (exact) mass is 262 g/mol. The Morgan fingerprint density at radius 3 is 2.68 bits per heavy atom. The Morgan fingerprint density at radius 1 is 1.37 bits per heavy atom. The number of hydrogen-bond donors (Lipinski definition) is 1. The van der Waals surface area contributed by atoms with Crippen LogP contribution in [0.15, 0.2) is 16.7 Å². The largest absolute Gasteiger partial charge is 0.360 e. The van der Waals surface area contributed by atoms with Crippen molar-refractivity contribution in [2.24, 2.45) is 0 Å². The minimum atomic E-state index is -0.188. The Balaban J connectivity index is 1.97. The first-order valence-electron chi connectivity index (χ1n) is 5.64. The fourth-order valence-electron chi connectivity index (χ4n) is 1.35. The van der Waals surface area contributed by atoms with Crippen LogP contribution in [0.3, 0.4) is 0 Å². The summed E-state index contributed by atoms with van der Waals surface area (Å²) >= 11 is 0. The lowest BCUT2D eigenvalue weighted by Crippen LogP contribution is -2.23. The van der Waals surface area contributed by atoms with Gasteiger partial charge in [-0.1, -0.05) is 5.16 Å². The van der Waals surface area contributed by atoms with E-state index in [1.807, 2.05) is 0 Å². The van der Waals surface area contributed by atoms with E-state index in [-0.39, 0.29) is 5.91 Å². The maximum atomic E-state index is 11.6. The van der Waals surface area contributed by atoms with E-state index in [2.05, 4.69) is 25.7 Å². The maximum Gasteiger partial charge on any atom is 0.273 e. The summed E-state index contributed by atoms with van der Waals surface area (Å²) in [5, 5.41) is 14.4. The highest BCUT2D eigenvalue weighted by Crippen LogP contribution is 2.05. The van der Waals surface area contributed by atoms with Gasteiger partial charge in [-0.05, 0) is 19.1 Å². The Hall–Kier alpha value is -2.51. The van der Waals surface area contributed by atoms with Gasteiger partial charge in [0.2, 0.25) is 5.89 Å². The second-order valence-corrected chi connectivity index (χ2v) is 4.09. The van der Waals surface area contributed by atoms with Gasteiger partial charge in [-0.2, -0.15) is 4.98 Å². The van der Waals surface area contributed by atoms with E-state index < -0.39 is 0 Å². The zero-order valence-electron chi connectivity index (χ0n) is 10.9. The highest BCUT2D eigenvalue weighted by atomic mass is 16.5. The van der Waals surface area contributed by atoms with Crippen molar-refractivity contribution in [3.8, 4) is 0 Å². The molecule has 0 spiro atoms. The Kier molecular flexibility index (Phi) is 3.69. The number of amides is 1. The lowest BCUT2D eigenvalue weighted by molar-refractivity contribution is 0.0821. The van der Waals surface area contributed by atoms with Crippen LogP contribution >= 0.6 is 0 Å². The normalized spacial score (nSPS) is 10.3. The fourth-order valence-corrected chi connectivity index (χ4v) is 1.35. The number of carbonyl (C=O) groups is 1. The number of aryl methyl sites for hydroxylation is 1. The summed E-state index contributed by atoms with van der Waals surface area (Å²) in [5.74, 6) is 1.39. The van der Waals surface area contributed by atoms with Crippen LogP contribution in [-0.2, 0) is 6.54 Å². The predicted octanol–water partition coefficient (Wildman–Crippen LogP) is 0.482. The molecule has 0 aliphatic heterocycles. The van der Waals surface area contributed by atoms with Gasteiger partial charge in [-0.25, -0.2) is 0 Å².